The fourth-order valence-electron chi connectivity index (χ4n) is 1.99. The predicted molar refractivity (Wildman–Crippen MR) is 65.3 cm³/mol. The second kappa shape index (κ2) is 5.29. The topological polar surface area (TPSA) is 96.3 Å². The number of rotatable bonds is 3. The number of halogens is 1. The summed E-state index contributed by atoms with van der Waals surface area (Å²) in [5.74, 6) is -1.07. The van der Waals surface area contributed by atoms with Crippen molar-refractivity contribution in [2.45, 2.75) is 25.0 Å². The molecule has 1 aliphatic heterocycles. The average Bonchev–Trinajstić information content (AvgIpc) is 2.71. The van der Waals surface area contributed by atoms with Gasteiger partial charge in [0.25, 0.3) is 6.04 Å². The highest BCUT2D eigenvalue weighted by Crippen LogP contribution is 2.14. The molecule has 1 saturated heterocycles. The van der Waals surface area contributed by atoms with Crippen LogP contribution >= 0.6 is 0 Å². The first-order valence-corrected chi connectivity index (χ1v) is 5.70. The Morgan fingerprint density at radius 1 is 1.47 bits per heavy atom. The molecule has 3 atom stereocenters. The minimum absolute atomic E-state index is 0.258. The van der Waals surface area contributed by atoms with Crippen molar-refractivity contribution >= 4 is 11.6 Å². The Hall–Kier alpha value is -2.06. The van der Waals surface area contributed by atoms with Crippen LogP contribution in [0.1, 0.15) is 6.92 Å². The van der Waals surface area contributed by atoms with Crippen LogP contribution in [0.2, 0.25) is 0 Å². The lowest BCUT2D eigenvalue weighted by Gasteiger charge is -2.13. The summed E-state index contributed by atoms with van der Waals surface area (Å²) in [5.41, 5.74) is 5.49. The van der Waals surface area contributed by atoms with Crippen molar-refractivity contribution in [2.24, 2.45) is 0 Å². The molecule has 8 heteroatoms. The number of hydrazine groups is 1. The van der Waals surface area contributed by atoms with E-state index in [0.717, 1.165) is 6.07 Å². The molecule has 0 aromatic heterocycles. The van der Waals surface area contributed by atoms with Crippen LogP contribution in [0.15, 0.2) is 24.3 Å². The number of nitrogens with one attached hydrogen (secondary N) is 3. The quantitative estimate of drug-likeness (QED) is 0.540. The van der Waals surface area contributed by atoms with Crippen molar-refractivity contribution in [3.05, 3.63) is 40.2 Å². The molecule has 1 aliphatic rings. The molecule has 1 fully saturated rings. The Labute approximate surface area is 108 Å². The second-order valence-corrected chi connectivity index (χ2v) is 4.33. The van der Waals surface area contributed by atoms with Crippen molar-refractivity contribution < 1.29 is 14.1 Å². The molecular formula is C11H13FN4O3. The molecule has 7 nitrogen and oxygen atoms in total. The Morgan fingerprint density at radius 2 is 2.21 bits per heavy atom. The highest BCUT2D eigenvalue weighted by atomic mass is 19.1. The molecule has 1 heterocycles. The van der Waals surface area contributed by atoms with Gasteiger partial charge in [-0.25, -0.2) is 15.2 Å². The van der Waals surface area contributed by atoms with E-state index < -0.39 is 34.8 Å². The van der Waals surface area contributed by atoms with Gasteiger partial charge in [-0.05, 0) is 25.1 Å². The van der Waals surface area contributed by atoms with Crippen LogP contribution in [-0.2, 0) is 4.79 Å². The summed E-state index contributed by atoms with van der Waals surface area (Å²) < 4.78 is 13.0. The molecule has 19 heavy (non-hydrogen) atoms. The van der Waals surface area contributed by atoms with Crippen LogP contribution in [0.3, 0.4) is 0 Å². The number of benzene rings is 1. The van der Waals surface area contributed by atoms with Gasteiger partial charge in [-0.3, -0.25) is 14.9 Å². The molecule has 0 aliphatic carbocycles. The Bertz CT molecular complexity index is 510. The first-order chi connectivity index (χ1) is 8.99. The van der Waals surface area contributed by atoms with Gasteiger partial charge >= 0.3 is 0 Å². The van der Waals surface area contributed by atoms with E-state index in [9.17, 15) is 19.3 Å². The molecule has 0 bridgehead atoms. The monoisotopic (exact) mass is 268 g/mol. The van der Waals surface area contributed by atoms with Gasteiger partial charge in [0.1, 0.15) is 5.82 Å². The lowest BCUT2D eigenvalue weighted by Crippen LogP contribution is -2.47. The number of carbonyl (C=O) groups is 1. The van der Waals surface area contributed by atoms with E-state index in [-0.39, 0.29) is 5.69 Å². The maximum atomic E-state index is 13.0. The largest absolute Gasteiger partial charge is 0.324 e. The van der Waals surface area contributed by atoms with E-state index in [2.05, 4.69) is 16.2 Å². The summed E-state index contributed by atoms with van der Waals surface area (Å²) in [7, 11) is 0. The van der Waals surface area contributed by atoms with Crippen LogP contribution in [-0.4, -0.2) is 29.0 Å². The van der Waals surface area contributed by atoms with E-state index >= 15 is 0 Å². The maximum Gasteiger partial charge on any atom is 0.254 e. The van der Waals surface area contributed by atoms with Gasteiger partial charge in [0.05, 0.1) is 6.04 Å². The number of carbonyl (C=O) groups excluding carboxylic acids is 1. The van der Waals surface area contributed by atoms with Crippen LogP contribution in [0.25, 0.3) is 0 Å². The number of nitro groups is 1. The molecule has 102 valence electrons. The minimum atomic E-state index is -1.08. The molecule has 1 aromatic carbocycles. The Kier molecular flexibility index (Phi) is 3.72. The average molecular weight is 268 g/mol. The predicted octanol–water partition coefficient (Wildman–Crippen LogP) is 0.274. The number of hydrogen-bond acceptors (Lipinski definition) is 5. The van der Waals surface area contributed by atoms with Gasteiger partial charge in [0, 0.05) is 10.6 Å². The zero-order valence-electron chi connectivity index (χ0n) is 10.1. The van der Waals surface area contributed by atoms with E-state index in [1.165, 1.54) is 18.2 Å². The summed E-state index contributed by atoms with van der Waals surface area (Å²) in [6.45, 7) is 1.61. The third kappa shape index (κ3) is 2.85. The zero-order valence-corrected chi connectivity index (χ0v) is 10.1. The number of amides is 1. The van der Waals surface area contributed by atoms with E-state index in [1.54, 1.807) is 6.92 Å². The minimum Gasteiger partial charge on any atom is -0.324 e. The van der Waals surface area contributed by atoms with Gasteiger partial charge in [0.2, 0.25) is 5.91 Å². The molecule has 1 amide bonds. The summed E-state index contributed by atoms with van der Waals surface area (Å²) in [5, 5.41) is 13.4. The maximum absolute atomic E-state index is 13.0. The van der Waals surface area contributed by atoms with Crippen molar-refractivity contribution in [3.8, 4) is 0 Å². The molecular weight excluding hydrogens is 255 g/mol. The zero-order chi connectivity index (χ0) is 14.0. The van der Waals surface area contributed by atoms with E-state index in [1.807, 2.05) is 0 Å². The van der Waals surface area contributed by atoms with E-state index in [4.69, 9.17) is 0 Å². The van der Waals surface area contributed by atoms with Crippen LogP contribution < -0.4 is 16.2 Å². The standard InChI is InChI=1S/C11H13FN4O3/c1-6-10(16(18)19)9(15-14-6)11(17)13-8-4-2-3-7(12)5-8/h2-6,9-10,14-15H,1H3,(H,13,17). The normalized spacial score (nSPS) is 26.1. The molecule has 3 N–H and O–H groups in total. The second-order valence-electron chi connectivity index (χ2n) is 4.33. The third-order valence-corrected chi connectivity index (χ3v) is 2.94. The molecule has 3 unspecified atom stereocenters. The molecule has 1 aromatic rings. The van der Waals surface area contributed by atoms with Crippen molar-refractivity contribution in [3.63, 3.8) is 0 Å². The Balaban J connectivity index is 2.10. The number of hydrogen-bond donors (Lipinski definition) is 3. The van der Waals surface area contributed by atoms with Gasteiger partial charge in [-0.1, -0.05) is 6.07 Å². The van der Waals surface area contributed by atoms with Crippen molar-refractivity contribution in [1.29, 1.82) is 0 Å². The smallest absolute Gasteiger partial charge is 0.254 e. The summed E-state index contributed by atoms with van der Waals surface area (Å²) in [4.78, 5) is 22.4. The fourth-order valence-corrected chi connectivity index (χ4v) is 1.99. The first kappa shape index (κ1) is 13.4. The summed E-state index contributed by atoms with van der Waals surface area (Å²) in [6.07, 6.45) is 0. The van der Waals surface area contributed by atoms with Crippen LogP contribution in [0.5, 0.6) is 0 Å². The fraction of sp³-hybridized carbons (Fsp3) is 0.364. The van der Waals surface area contributed by atoms with Crippen LogP contribution in [0.4, 0.5) is 10.1 Å². The molecule has 0 radical (unpaired) electrons. The third-order valence-electron chi connectivity index (χ3n) is 2.94. The molecule has 0 saturated carbocycles. The summed E-state index contributed by atoms with van der Waals surface area (Å²) in [6, 6.07) is 2.78. The number of anilines is 1. The lowest BCUT2D eigenvalue weighted by atomic mass is 10.0. The molecule has 0 spiro atoms. The lowest BCUT2D eigenvalue weighted by molar-refractivity contribution is -0.522. The number of nitrogens with zero attached hydrogens (tertiary/aromatic N) is 1. The first-order valence-electron chi connectivity index (χ1n) is 5.70. The van der Waals surface area contributed by atoms with Gasteiger partial charge in [0.15, 0.2) is 6.04 Å². The van der Waals surface area contributed by atoms with Crippen molar-refractivity contribution in [1.82, 2.24) is 10.9 Å². The molecule has 2 rings (SSSR count). The highest BCUT2D eigenvalue weighted by Gasteiger charge is 2.46. The van der Waals surface area contributed by atoms with Gasteiger partial charge in [-0.15, -0.1) is 0 Å². The van der Waals surface area contributed by atoms with Gasteiger partial charge < -0.3 is 5.32 Å². The Morgan fingerprint density at radius 3 is 2.84 bits per heavy atom. The van der Waals surface area contributed by atoms with Gasteiger partial charge in [-0.2, -0.15) is 0 Å². The SMILES string of the molecule is CC1NNC(C(=O)Nc2cccc(F)c2)C1[N+](=O)[O-]. The van der Waals surface area contributed by atoms with Crippen molar-refractivity contribution in [2.75, 3.05) is 5.32 Å². The van der Waals surface area contributed by atoms with Crippen LogP contribution in [0, 0.1) is 15.9 Å². The highest BCUT2D eigenvalue weighted by molar-refractivity contribution is 5.95. The van der Waals surface area contributed by atoms with E-state index in [0.29, 0.717) is 0 Å². The summed E-state index contributed by atoms with van der Waals surface area (Å²) >= 11 is 0.